The van der Waals surface area contributed by atoms with Crippen molar-refractivity contribution in [3.63, 3.8) is 0 Å². The molecule has 1 amide bonds. The van der Waals surface area contributed by atoms with Crippen LogP contribution in [0.1, 0.15) is 31.0 Å². The molecule has 1 aromatic heterocycles. The molecule has 4 aromatic rings. The molecule has 5 nitrogen and oxygen atoms in total. The van der Waals surface area contributed by atoms with Crippen molar-refractivity contribution in [2.24, 2.45) is 0 Å². The number of hydrogen-bond donors (Lipinski definition) is 0. The van der Waals surface area contributed by atoms with Crippen molar-refractivity contribution >= 4 is 28.6 Å². The molecule has 0 aliphatic heterocycles. The highest BCUT2D eigenvalue weighted by atomic mass is 32.2. The van der Waals surface area contributed by atoms with Crippen molar-refractivity contribution in [1.29, 1.82) is 0 Å². The van der Waals surface area contributed by atoms with Crippen LogP contribution in [-0.2, 0) is 17.9 Å². The fourth-order valence-electron chi connectivity index (χ4n) is 3.74. The number of carbonyl (C=O) groups is 1. The number of rotatable bonds is 8. The average molecular weight is 458 g/mol. The minimum Gasteiger partial charge on any atom is -0.333 e. The first kappa shape index (κ1) is 22.8. The molecule has 0 saturated carbocycles. The third-order valence-electron chi connectivity index (χ3n) is 5.40. The third-order valence-corrected chi connectivity index (χ3v) is 6.34. The van der Waals surface area contributed by atoms with Gasteiger partial charge in [-0.25, -0.2) is 4.98 Å². The van der Waals surface area contributed by atoms with Gasteiger partial charge in [0, 0.05) is 19.1 Å². The van der Waals surface area contributed by atoms with Gasteiger partial charge in [-0.15, -0.1) is 0 Å². The fourth-order valence-corrected chi connectivity index (χ4v) is 4.77. The van der Waals surface area contributed by atoms with Gasteiger partial charge in [0.25, 0.3) is 5.56 Å². The van der Waals surface area contributed by atoms with Gasteiger partial charge in [0.05, 0.1) is 16.7 Å². The molecule has 1 heterocycles. The lowest BCUT2D eigenvalue weighted by Gasteiger charge is -2.23. The van der Waals surface area contributed by atoms with Gasteiger partial charge in [0.1, 0.15) is 0 Å². The summed E-state index contributed by atoms with van der Waals surface area (Å²) in [5, 5.41) is 1.16. The number of thioether (sulfide) groups is 1. The fraction of sp³-hybridized carbons (Fsp3) is 0.222. The van der Waals surface area contributed by atoms with Crippen LogP contribution in [0.4, 0.5) is 0 Å². The van der Waals surface area contributed by atoms with Crippen LogP contribution >= 0.6 is 11.8 Å². The van der Waals surface area contributed by atoms with Crippen LogP contribution < -0.4 is 5.56 Å². The summed E-state index contributed by atoms with van der Waals surface area (Å²) in [6, 6.07) is 27.3. The van der Waals surface area contributed by atoms with Crippen LogP contribution in [0, 0.1) is 0 Å². The first-order valence-corrected chi connectivity index (χ1v) is 12.0. The Kier molecular flexibility index (Phi) is 7.25. The molecule has 0 spiro atoms. The number of hydrogen-bond acceptors (Lipinski definition) is 4. The number of fused-ring (bicyclic) bond motifs is 1. The summed E-state index contributed by atoms with van der Waals surface area (Å²) in [7, 11) is 0. The lowest BCUT2D eigenvalue weighted by molar-refractivity contribution is -0.129. The Labute approximate surface area is 198 Å². The van der Waals surface area contributed by atoms with Gasteiger partial charge in [-0.2, -0.15) is 0 Å². The van der Waals surface area contributed by atoms with E-state index in [1.165, 1.54) is 11.8 Å². The predicted molar refractivity (Wildman–Crippen MR) is 134 cm³/mol. The van der Waals surface area contributed by atoms with E-state index in [2.05, 4.69) is 0 Å². The maximum Gasteiger partial charge on any atom is 0.262 e. The zero-order valence-corrected chi connectivity index (χ0v) is 19.7. The minimum absolute atomic E-state index is 0.00502. The molecule has 0 unspecified atom stereocenters. The molecule has 4 rings (SSSR count). The Hall–Kier alpha value is -3.38. The van der Waals surface area contributed by atoms with E-state index in [9.17, 15) is 9.59 Å². The molecular formula is C27H27N3O2S. The van der Waals surface area contributed by atoms with E-state index in [0.717, 1.165) is 11.1 Å². The second-order valence-electron chi connectivity index (χ2n) is 8.19. The molecule has 0 fully saturated rings. The lowest BCUT2D eigenvalue weighted by atomic mass is 10.1. The van der Waals surface area contributed by atoms with E-state index in [0.29, 0.717) is 29.1 Å². The Morgan fingerprint density at radius 2 is 1.42 bits per heavy atom. The smallest absolute Gasteiger partial charge is 0.262 e. The Morgan fingerprint density at radius 1 is 0.879 bits per heavy atom. The van der Waals surface area contributed by atoms with E-state index < -0.39 is 0 Å². The van der Waals surface area contributed by atoms with E-state index in [1.807, 2.05) is 97.6 Å². The zero-order chi connectivity index (χ0) is 23.2. The van der Waals surface area contributed by atoms with Gasteiger partial charge in [-0.05, 0) is 37.1 Å². The molecule has 0 radical (unpaired) electrons. The van der Waals surface area contributed by atoms with Gasteiger partial charge in [0.15, 0.2) is 5.16 Å². The SMILES string of the molecule is CC(C)n1c(SCC(=O)N(Cc2ccccc2)Cc2ccccc2)nc2ccccc2c1=O. The molecule has 6 heteroatoms. The van der Waals surface area contributed by atoms with Crippen LogP contribution in [0.3, 0.4) is 0 Å². The van der Waals surface area contributed by atoms with Crippen LogP contribution in [-0.4, -0.2) is 26.1 Å². The first-order valence-electron chi connectivity index (χ1n) is 11.0. The number of benzene rings is 3. The molecule has 0 aliphatic carbocycles. The van der Waals surface area contributed by atoms with E-state index in [-0.39, 0.29) is 23.3 Å². The standard InChI is InChI=1S/C27H27N3O2S/c1-20(2)30-26(32)23-15-9-10-16-24(23)28-27(30)33-19-25(31)29(17-21-11-5-3-6-12-21)18-22-13-7-4-8-14-22/h3-16,20H,17-19H2,1-2H3. The van der Waals surface area contributed by atoms with E-state index >= 15 is 0 Å². The number of carbonyl (C=O) groups excluding carboxylic acids is 1. The van der Waals surface area contributed by atoms with Crippen molar-refractivity contribution in [1.82, 2.24) is 14.5 Å². The molecule has 0 saturated heterocycles. The number of amides is 1. The second-order valence-corrected chi connectivity index (χ2v) is 9.13. The first-order chi connectivity index (χ1) is 16.0. The third kappa shape index (κ3) is 5.52. The highest BCUT2D eigenvalue weighted by molar-refractivity contribution is 7.99. The van der Waals surface area contributed by atoms with Gasteiger partial charge in [0.2, 0.25) is 5.91 Å². The van der Waals surface area contributed by atoms with Crippen molar-refractivity contribution in [2.75, 3.05) is 5.75 Å². The number of aromatic nitrogens is 2. The molecule has 3 aromatic carbocycles. The summed E-state index contributed by atoms with van der Waals surface area (Å²) in [6.07, 6.45) is 0. The maximum atomic E-state index is 13.3. The molecule has 168 valence electrons. The van der Waals surface area contributed by atoms with E-state index in [4.69, 9.17) is 4.98 Å². The molecule has 33 heavy (non-hydrogen) atoms. The normalized spacial score (nSPS) is 11.1. The van der Waals surface area contributed by atoms with Gasteiger partial charge in [-0.1, -0.05) is 84.6 Å². The van der Waals surface area contributed by atoms with Crippen LogP contribution in [0.25, 0.3) is 10.9 Å². The molecule has 0 atom stereocenters. The Bertz CT molecular complexity index is 1250. The highest BCUT2D eigenvalue weighted by Crippen LogP contribution is 2.22. The summed E-state index contributed by atoms with van der Waals surface area (Å²) < 4.78 is 1.68. The van der Waals surface area contributed by atoms with Crippen LogP contribution in [0.15, 0.2) is 94.9 Å². The quantitative estimate of drug-likeness (QED) is 0.266. The second kappa shape index (κ2) is 10.5. The van der Waals surface area contributed by atoms with Crippen LogP contribution in [0.2, 0.25) is 0 Å². The maximum absolute atomic E-state index is 13.3. The number of nitrogens with zero attached hydrogens (tertiary/aromatic N) is 3. The lowest BCUT2D eigenvalue weighted by Crippen LogP contribution is -2.32. The molecule has 0 N–H and O–H groups in total. The Morgan fingerprint density at radius 3 is 2.00 bits per heavy atom. The van der Waals surface area contributed by atoms with Crippen molar-refractivity contribution in [3.05, 3.63) is 106 Å². The summed E-state index contributed by atoms with van der Waals surface area (Å²) in [4.78, 5) is 33.0. The van der Waals surface area contributed by atoms with Gasteiger partial charge in [-0.3, -0.25) is 14.2 Å². The average Bonchev–Trinajstić information content (AvgIpc) is 2.83. The molecule has 0 aliphatic rings. The largest absolute Gasteiger partial charge is 0.333 e. The molecule has 0 bridgehead atoms. The minimum atomic E-state index is -0.0732. The van der Waals surface area contributed by atoms with Crippen LogP contribution in [0.5, 0.6) is 0 Å². The zero-order valence-electron chi connectivity index (χ0n) is 18.8. The van der Waals surface area contributed by atoms with Crippen molar-refractivity contribution in [3.8, 4) is 0 Å². The topological polar surface area (TPSA) is 55.2 Å². The predicted octanol–water partition coefficient (Wildman–Crippen LogP) is 5.30. The molecular weight excluding hydrogens is 430 g/mol. The summed E-state index contributed by atoms with van der Waals surface area (Å²) >= 11 is 1.32. The van der Waals surface area contributed by atoms with Gasteiger partial charge < -0.3 is 4.90 Å². The van der Waals surface area contributed by atoms with Crippen molar-refractivity contribution < 1.29 is 4.79 Å². The number of para-hydroxylation sites is 1. The van der Waals surface area contributed by atoms with E-state index in [1.54, 1.807) is 10.6 Å². The highest BCUT2D eigenvalue weighted by Gasteiger charge is 2.19. The van der Waals surface area contributed by atoms with Crippen molar-refractivity contribution in [2.45, 2.75) is 38.1 Å². The summed E-state index contributed by atoms with van der Waals surface area (Å²) in [5.74, 6) is 0.211. The monoisotopic (exact) mass is 457 g/mol. The summed E-state index contributed by atoms with van der Waals surface area (Å²) in [6.45, 7) is 4.97. The summed E-state index contributed by atoms with van der Waals surface area (Å²) in [5.41, 5.74) is 2.74. The van der Waals surface area contributed by atoms with Gasteiger partial charge >= 0.3 is 0 Å². The Balaban J connectivity index is 1.58.